The largest absolute Gasteiger partial charge is 0.496 e. The fourth-order valence-electron chi connectivity index (χ4n) is 2.00. The summed E-state index contributed by atoms with van der Waals surface area (Å²) in [7, 11) is 1.66. The first-order valence-corrected chi connectivity index (χ1v) is 8.07. The molecule has 2 aromatic rings. The lowest BCUT2D eigenvalue weighted by Crippen LogP contribution is -2.00. The first kappa shape index (κ1) is 15.4. The summed E-state index contributed by atoms with van der Waals surface area (Å²) in [5.41, 5.74) is 2.26. The zero-order chi connectivity index (χ0) is 14.5. The van der Waals surface area contributed by atoms with Crippen LogP contribution in [0.1, 0.15) is 22.9 Å². The molecule has 1 atom stereocenters. The summed E-state index contributed by atoms with van der Waals surface area (Å²) in [6.45, 7) is 2.65. The molecule has 20 heavy (non-hydrogen) atoms. The van der Waals surface area contributed by atoms with E-state index >= 15 is 0 Å². The molecule has 1 unspecified atom stereocenters. The average molecular weight is 400 g/mol. The van der Waals surface area contributed by atoms with Crippen LogP contribution in [0.3, 0.4) is 0 Å². The molecule has 0 aliphatic carbocycles. The van der Waals surface area contributed by atoms with Crippen molar-refractivity contribution in [2.75, 3.05) is 13.7 Å². The Kier molecular flexibility index (Phi) is 5.49. The van der Waals surface area contributed by atoms with Gasteiger partial charge in [-0.1, -0.05) is 40.2 Å². The number of benzene rings is 2. The average Bonchev–Trinajstić information content (AvgIpc) is 2.47. The fraction of sp³-hybridized carbons (Fsp3) is 0.250. The molecule has 2 aromatic carbocycles. The van der Waals surface area contributed by atoms with Crippen molar-refractivity contribution in [3.63, 3.8) is 0 Å². The van der Waals surface area contributed by atoms with E-state index in [1.54, 1.807) is 7.11 Å². The second kappa shape index (κ2) is 7.14. The Bertz CT molecular complexity index is 584. The third-order valence-corrected chi connectivity index (χ3v) is 4.60. The maximum Gasteiger partial charge on any atom is 0.133 e. The molecule has 4 heteroatoms. The van der Waals surface area contributed by atoms with Gasteiger partial charge in [-0.25, -0.2) is 0 Å². The van der Waals surface area contributed by atoms with Gasteiger partial charge in [0.1, 0.15) is 11.5 Å². The molecule has 0 aliphatic heterocycles. The number of para-hydroxylation sites is 1. The van der Waals surface area contributed by atoms with Gasteiger partial charge in [-0.05, 0) is 46.6 Å². The summed E-state index contributed by atoms with van der Waals surface area (Å²) in [6.07, 6.45) is 0. The van der Waals surface area contributed by atoms with Crippen LogP contribution in [-0.4, -0.2) is 13.7 Å². The van der Waals surface area contributed by atoms with Crippen LogP contribution >= 0.6 is 31.9 Å². The van der Waals surface area contributed by atoms with Crippen LogP contribution in [0.25, 0.3) is 0 Å². The Labute approximate surface area is 136 Å². The number of ether oxygens (including phenoxy) is 2. The van der Waals surface area contributed by atoms with Gasteiger partial charge in [0.25, 0.3) is 0 Å². The van der Waals surface area contributed by atoms with Crippen molar-refractivity contribution in [3.8, 4) is 11.5 Å². The van der Waals surface area contributed by atoms with Crippen molar-refractivity contribution in [2.24, 2.45) is 0 Å². The Morgan fingerprint density at radius 3 is 2.50 bits per heavy atom. The van der Waals surface area contributed by atoms with Crippen LogP contribution in [0.15, 0.2) is 46.9 Å². The number of rotatable bonds is 5. The Hall–Kier alpha value is -1.00. The number of hydrogen-bond acceptors (Lipinski definition) is 2. The maximum absolute atomic E-state index is 5.69. The van der Waals surface area contributed by atoms with Crippen molar-refractivity contribution in [1.82, 2.24) is 0 Å². The number of hydrogen-bond donors (Lipinski definition) is 0. The molecule has 0 amide bonds. The lowest BCUT2D eigenvalue weighted by Gasteiger charge is -2.16. The van der Waals surface area contributed by atoms with E-state index in [4.69, 9.17) is 9.47 Å². The summed E-state index contributed by atoms with van der Waals surface area (Å²) in [5, 5.41) is 0. The topological polar surface area (TPSA) is 18.5 Å². The molecule has 0 radical (unpaired) electrons. The fourth-order valence-corrected chi connectivity index (χ4v) is 3.22. The molecule has 2 rings (SSSR count). The molecular formula is C16H16Br2O2. The van der Waals surface area contributed by atoms with E-state index in [0.717, 1.165) is 27.1 Å². The first-order valence-electron chi connectivity index (χ1n) is 6.36. The van der Waals surface area contributed by atoms with Crippen molar-refractivity contribution >= 4 is 31.9 Å². The standard InChI is InChI=1S/C16H16Br2O2/c1-3-20-14-7-5-4-6-12(14)16(18)11-8-9-15(19-2)13(17)10-11/h4-10,16H,3H2,1-2H3. The van der Waals surface area contributed by atoms with Crippen LogP contribution in [0.2, 0.25) is 0 Å². The maximum atomic E-state index is 5.69. The molecule has 0 fully saturated rings. The van der Waals surface area contributed by atoms with Gasteiger partial charge in [0, 0.05) is 5.56 Å². The minimum Gasteiger partial charge on any atom is -0.496 e. The molecule has 2 nitrogen and oxygen atoms in total. The minimum absolute atomic E-state index is 0.0763. The summed E-state index contributed by atoms with van der Waals surface area (Å²) in [6, 6.07) is 14.1. The molecule has 0 spiro atoms. The molecule has 106 valence electrons. The SMILES string of the molecule is CCOc1ccccc1C(Br)c1ccc(OC)c(Br)c1. The normalized spacial score (nSPS) is 12.0. The highest BCUT2D eigenvalue weighted by Gasteiger charge is 2.16. The van der Waals surface area contributed by atoms with Crippen molar-refractivity contribution in [3.05, 3.63) is 58.1 Å². The second-order valence-electron chi connectivity index (χ2n) is 4.23. The molecule has 0 aliphatic rings. The van der Waals surface area contributed by atoms with Crippen LogP contribution in [0.5, 0.6) is 11.5 Å². The predicted molar refractivity (Wildman–Crippen MR) is 89.1 cm³/mol. The Morgan fingerprint density at radius 1 is 1.10 bits per heavy atom. The highest BCUT2D eigenvalue weighted by atomic mass is 79.9. The quantitative estimate of drug-likeness (QED) is 0.631. The molecule has 0 heterocycles. The minimum atomic E-state index is 0.0763. The summed E-state index contributed by atoms with van der Waals surface area (Å²) in [4.78, 5) is 0.0763. The van der Waals surface area contributed by atoms with Gasteiger partial charge in [0.2, 0.25) is 0 Å². The van der Waals surface area contributed by atoms with Crippen LogP contribution in [-0.2, 0) is 0 Å². The smallest absolute Gasteiger partial charge is 0.133 e. The van der Waals surface area contributed by atoms with Crippen LogP contribution < -0.4 is 9.47 Å². The summed E-state index contributed by atoms with van der Waals surface area (Å²) < 4.78 is 11.9. The molecular weight excluding hydrogens is 384 g/mol. The highest BCUT2D eigenvalue weighted by molar-refractivity contribution is 9.10. The first-order chi connectivity index (χ1) is 9.67. The van der Waals surface area contributed by atoms with Crippen molar-refractivity contribution < 1.29 is 9.47 Å². The molecule has 0 N–H and O–H groups in total. The van der Waals surface area contributed by atoms with Gasteiger partial charge < -0.3 is 9.47 Å². The third kappa shape index (κ3) is 3.36. The van der Waals surface area contributed by atoms with E-state index in [0.29, 0.717) is 6.61 Å². The van der Waals surface area contributed by atoms with Gasteiger partial charge in [0.05, 0.1) is 23.0 Å². The second-order valence-corrected chi connectivity index (χ2v) is 6.00. The monoisotopic (exact) mass is 398 g/mol. The van der Waals surface area contributed by atoms with Gasteiger partial charge >= 0.3 is 0 Å². The number of alkyl halides is 1. The summed E-state index contributed by atoms with van der Waals surface area (Å²) in [5.74, 6) is 1.73. The Morgan fingerprint density at radius 2 is 1.85 bits per heavy atom. The highest BCUT2D eigenvalue weighted by Crippen LogP contribution is 2.39. The zero-order valence-electron chi connectivity index (χ0n) is 11.4. The van der Waals surface area contributed by atoms with Crippen molar-refractivity contribution in [1.29, 1.82) is 0 Å². The van der Waals surface area contributed by atoms with Gasteiger partial charge in [-0.2, -0.15) is 0 Å². The molecule has 0 bridgehead atoms. The van der Waals surface area contributed by atoms with E-state index in [2.05, 4.69) is 44.0 Å². The number of methoxy groups -OCH3 is 1. The molecule has 0 aromatic heterocycles. The van der Waals surface area contributed by atoms with E-state index < -0.39 is 0 Å². The van der Waals surface area contributed by atoms with Crippen LogP contribution in [0, 0.1) is 0 Å². The van der Waals surface area contributed by atoms with Crippen LogP contribution in [0.4, 0.5) is 0 Å². The third-order valence-electron chi connectivity index (χ3n) is 2.96. The van der Waals surface area contributed by atoms with Crippen molar-refractivity contribution in [2.45, 2.75) is 11.8 Å². The van der Waals surface area contributed by atoms with E-state index in [-0.39, 0.29) is 4.83 Å². The Balaban J connectivity index is 2.36. The molecule has 0 saturated carbocycles. The molecule has 0 saturated heterocycles. The van der Waals surface area contributed by atoms with Gasteiger partial charge in [-0.3, -0.25) is 0 Å². The zero-order valence-corrected chi connectivity index (χ0v) is 14.6. The van der Waals surface area contributed by atoms with E-state index in [1.807, 2.05) is 37.3 Å². The van der Waals surface area contributed by atoms with Gasteiger partial charge in [0.15, 0.2) is 0 Å². The van der Waals surface area contributed by atoms with Gasteiger partial charge in [-0.15, -0.1) is 0 Å². The van der Waals surface area contributed by atoms with E-state index in [1.165, 1.54) is 0 Å². The lowest BCUT2D eigenvalue weighted by atomic mass is 10.0. The number of halogens is 2. The predicted octanol–water partition coefficient (Wildman–Crippen LogP) is 5.34. The lowest BCUT2D eigenvalue weighted by molar-refractivity contribution is 0.337. The van der Waals surface area contributed by atoms with E-state index in [9.17, 15) is 0 Å². The summed E-state index contributed by atoms with van der Waals surface area (Å²) >= 11 is 7.27.